The number of benzene rings is 1. The second-order valence-corrected chi connectivity index (χ2v) is 8.32. The Balaban J connectivity index is 2.21. The van der Waals surface area contributed by atoms with E-state index in [0.29, 0.717) is 29.9 Å². The zero-order chi connectivity index (χ0) is 23.7. The van der Waals surface area contributed by atoms with Gasteiger partial charge in [-0.3, -0.25) is 9.59 Å². The highest BCUT2D eigenvalue weighted by atomic mass is 16.5. The first-order chi connectivity index (χ1) is 15.1. The van der Waals surface area contributed by atoms with E-state index in [-0.39, 0.29) is 17.0 Å². The number of ether oxygens (including phenoxy) is 1. The Morgan fingerprint density at radius 2 is 1.78 bits per heavy atom. The average Bonchev–Trinajstić information content (AvgIpc) is 3.18. The number of aromatic nitrogens is 1. The number of Topliss-reactive ketones (excluding diaryl/α,β-unsaturated/α-hetero) is 1. The molecule has 2 aromatic rings. The number of rotatable bonds is 6. The number of hydrogen-bond donors (Lipinski definition) is 2. The smallest absolute Gasteiger partial charge is 0.354 e. The number of aliphatic hydroxyl groups excluding tert-OH is 1. The number of aryl methyl sites for hydroxylation is 2. The molecule has 2 heterocycles. The van der Waals surface area contributed by atoms with Gasteiger partial charge in [-0.25, -0.2) is 4.79 Å². The lowest BCUT2D eigenvalue weighted by molar-refractivity contribution is -0.140. The number of nitrogens with zero attached hydrogens (tertiary/aromatic N) is 2. The maximum atomic E-state index is 13.1. The van der Waals surface area contributed by atoms with E-state index in [1.807, 2.05) is 50.2 Å². The van der Waals surface area contributed by atoms with Crippen LogP contribution in [0.5, 0.6) is 0 Å². The summed E-state index contributed by atoms with van der Waals surface area (Å²) in [6.07, 6.45) is 0. The Morgan fingerprint density at radius 1 is 1.16 bits per heavy atom. The number of amides is 1. The van der Waals surface area contributed by atoms with E-state index in [1.54, 1.807) is 13.8 Å². The van der Waals surface area contributed by atoms with Gasteiger partial charge >= 0.3 is 5.97 Å². The van der Waals surface area contributed by atoms with Crippen molar-refractivity contribution in [3.05, 3.63) is 63.5 Å². The molecule has 2 N–H and O–H groups in total. The van der Waals surface area contributed by atoms with Crippen molar-refractivity contribution in [2.24, 2.45) is 0 Å². The van der Waals surface area contributed by atoms with Crippen molar-refractivity contribution in [3.63, 3.8) is 0 Å². The zero-order valence-electron chi connectivity index (χ0n) is 19.3. The topological polar surface area (TPSA) is 103 Å². The quantitative estimate of drug-likeness (QED) is 0.311. The van der Waals surface area contributed by atoms with E-state index < -0.39 is 23.7 Å². The summed E-state index contributed by atoms with van der Waals surface area (Å²) in [5.74, 6) is -2.28. The van der Waals surface area contributed by atoms with Crippen molar-refractivity contribution < 1.29 is 24.2 Å². The number of H-pyrrole nitrogens is 1. The van der Waals surface area contributed by atoms with Crippen LogP contribution in [0.2, 0.25) is 0 Å². The first-order valence-electron chi connectivity index (χ1n) is 10.4. The molecule has 32 heavy (non-hydrogen) atoms. The SMILES string of the molecule is COC(=O)c1[nH]c(C)c(/C(O)=C2\C(=O)C(=O)N(CCN(C)C)C2c2ccc(C)cc2)c1C. The van der Waals surface area contributed by atoms with Gasteiger partial charge in [0.1, 0.15) is 11.5 Å². The summed E-state index contributed by atoms with van der Waals surface area (Å²) >= 11 is 0. The van der Waals surface area contributed by atoms with Crippen LogP contribution in [-0.2, 0) is 14.3 Å². The van der Waals surface area contributed by atoms with Crippen LogP contribution in [0, 0.1) is 20.8 Å². The minimum Gasteiger partial charge on any atom is -0.507 e. The molecule has 1 aromatic carbocycles. The number of hydrogen-bond acceptors (Lipinski definition) is 6. The van der Waals surface area contributed by atoms with Crippen LogP contribution in [0.1, 0.15) is 44.5 Å². The molecule has 1 aromatic heterocycles. The van der Waals surface area contributed by atoms with Crippen LogP contribution < -0.4 is 0 Å². The van der Waals surface area contributed by atoms with Crippen molar-refractivity contribution in [2.45, 2.75) is 26.8 Å². The lowest BCUT2D eigenvalue weighted by atomic mass is 9.93. The predicted molar refractivity (Wildman–Crippen MR) is 120 cm³/mol. The molecular weight excluding hydrogens is 410 g/mol. The third kappa shape index (κ3) is 4.05. The minimum absolute atomic E-state index is 0.0132. The van der Waals surface area contributed by atoms with Crippen molar-refractivity contribution >= 4 is 23.4 Å². The Hall–Kier alpha value is -3.39. The molecule has 0 spiro atoms. The summed E-state index contributed by atoms with van der Waals surface area (Å²) in [6.45, 7) is 6.19. The largest absolute Gasteiger partial charge is 0.507 e. The molecule has 1 fully saturated rings. The third-order valence-electron chi connectivity index (χ3n) is 5.78. The van der Waals surface area contributed by atoms with Crippen LogP contribution in [0.25, 0.3) is 5.76 Å². The molecule has 1 amide bonds. The summed E-state index contributed by atoms with van der Waals surface area (Å²) in [7, 11) is 5.04. The summed E-state index contributed by atoms with van der Waals surface area (Å²) in [5, 5.41) is 11.3. The Kier molecular flexibility index (Phi) is 6.55. The van der Waals surface area contributed by atoms with Gasteiger partial charge in [-0.1, -0.05) is 29.8 Å². The number of carbonyl (C=O) groups is 3. The number of likely N-dealkylation sites (N-methyl/N-ethyl adjacent to an activating group) is 1. The second kappa shape index (κ2) is 9.00. The summed E-state index contributed by atoms with van der Waals surface area (Å²) in [5.41, 5.74) is 3.26. The van der Waals surface area contributed by atoms with Gasteiger partial charge in [-0.2, -0.15) is 0 Å². The van der Waals surface area contributed by atoms with Crippen molar-refractivity contribution in [2.75, 3.05) is 34.3 Å². The molecule has 1 aliphatic rings. The molecule has 0 aliphatic carbocycles. The first kappa shape index (κ1) is 23.3. The lowest BCUT2D eigenvalue weighted by Crippen LogP contribution is -2.35. The number of aliphatic hydroxyl groups is 1. The van der Waals surface area contributed by atoms with Gasteiger partial charge in [0, 0.05) is 24.3 Å². The predicted octanol–water partition coefficient (Wildman–Crippen LogP) is 2.71. The van der Waals surface area contributed by atoms with E-state index in [1.165, 1.54) is 12.0 Å². The standard InChI is InChI=1S/C24H29N3O5/c1-13-7-9-16(10-8-13)20-18(22(29)23(30)27(20)12-11-26(4)5)21(28)17-14(2)19(24(31)32-6)25-15(17)3/h7-10,20,25,28H,11-12H2,1-6H3/b21-18+. The molecule has 8 heteroatoms. The number of ketones is 1. The monoisotopic (exact) mass is 439 g/mol. The van der Waals surface area contributed by atoms with Crippen molar-refractivity contribution in [1.82, 2.24) is 14.8 Å². The van der Waals surface area contributed by atoms with Gasteiger partial charge in [0.2, 0.25) is 0 Å². The van der Waals surface area contributed by atoms with Gasteiger partial charge in [0.15, 0.2) is 0 Å². The summed E-state index contributed by atoms with van der Waals surface area (Å²) in [6, 6.07) is 6.80. The van der Waals surface area contributed by atoms with E-state index in [9.17, 15) is 19.5 Å². The van der Waals surface area contributed by atoms with Crippen molar-refractivity contribution in [1.29, 1.82) is 0 Å². The van der Waals surface area contributed by atoms with Gasteiger partial charge in [-0.05, 0) is 46.0 Å². The maximum Gasteiger partial charge on any atom is 0.354 e. The molecule has 1 atom stereocenters. The summed E-state index contributed by atoms with van der Waals surface area (Å²) in [4.78, 5) is 44.5. The number of carbonyl (C=O) groups excluding carboxylic acids is 3. The van der Waals surface area contributed by atoms with E-state index in [2.05, 4.69) is 4.98 Å². The van der Waals surface area contributed by atoms with Gasteiger partial charge in [-0.15, -0.1) is 0 Å². The molecule has 0 radical (unpaired) electrons. The zero-order valence-corrected chi connectivity index (χ0v) is 19.3. The fraction of sp³-hybridized carbons (Fsp3) is 0.375. The minimum atomic E-state index is -0.744. The molecule has 1 aliphatic heterocycles. The fourth-order valence-electron chi connectivity index (χ4n) is 4.06. The van der Waals surface area contributed by atoms with E-state index in [4.69, 9.17) is 4.74 Å². The molecule has 1 unspecified atom stereocenters. The van der Waals surface area contributed by atoms with Crippen LogP contribution in [-0.4, -0.2) is 71.8 Å². The van der Waals surface area contributed by atoms with Crippen LogP contribution >= 0.6 is 0 Å². The Bertz CT molecular complexity index is 1100. The third-order valence-corrected chi connectivity index (χ3v) is 5.78. The lowest BCUT2D eigenvalue weighted by Gasteiger charge is -2.26. The molecule has 0 saturated carbocycles. The number of likely N-dealkylation sites (tertiary alicyclic amines) is 1. The highest BCUT2D eigenvalue weighted by Gasteiger charge is 2.46. The van der Waals surface area contributed by atoms with Gasteiger partial charge in [0.25, 0.3) is 11.7 Å². The van der Waals surface area contributed by atoms with Crippen LogP contribution in [0.4, 0.5) is 0 Å². The maximum absolute atomic E-state index is 13.1. The van der Waals surface area contributed by atoms with Gasteiger partial charge in [0.05, 0.1) is 18.7 Å². The first-order valence-corrected chi connectivity index (χ1v) is 10.4. The molecule has 0 bridgehead atoms. The Labute approximate surface area is 187 Å². The van der Waals surface area contributed by atoms with E-state index in [0.717, 1.165) is 11.1 Å². The van der Waals surface area contributed by atoms with E-state index >= 15 is 0 Å². The summed E-state index contributed by atoms with van der Waals surface area (Å²) < 4.78 is 4.80. The normalized spacial score (nSPS) is 18.0. The molecule has 170 valence electrons. The van der Waals surface area contributed by atoms with Crippen LogP contribution in [0.3, 0.4) is 0 Å². The highest BCUT2D eigenvalue weighted by Crippen LogP contribution is 2.40. The molecule has 8 nitrogen and oxygen atoms in total. The molecule has 1 saturated heterocycles. The van der Waals surface area contributed by atoms with Crippen LogP contribution in [0.15, 0.2) is 29.8 Å². The van der Waals surface area contributed by atoms with Gasteiger partial charge < -0.3 is 24.6 Å². The van der Waals surface area contributed by atoms with Crippen molar-refractivity contribution in [3.8, 4) is 0 Å². The number of nitrogens with one attached hydrogen (secondary N) is 1. The molecular formula is C24H29N3O5. The number of esters is 1. The highest BCUT2D eigenvalue weighted by molar-refractivity contribution is 6.46. The molecule has 3 rings (SSSR count). The second-order valence-electron chi connectivity index (χ2n) is 8.32. The Morgan fingerprint density at radius 3 is 2.34 bits per heavy atom. The fourth-order valence-corrected chi connectivity index (χ4v) is 4.06. The number of aromatic amines is 1. The number of methoxy groups -OCH3 is 1. The average molecular weight is 440 g/mol.